The topological polar surface area (TPSA) is 67.2 Å². The van der Waals surface area contributed by atoms with E-state index in [2.05, 4.69) is 15.6 Å². The van der Waals surface area contributed by atoms with E-state index in [1.807, 2.05) is 25.1 Å². The normalized spacial score (nSPS) is 10.6. The lowest BCUT2D eigenvalue weighted by molar-refractivity contribution is 0.251. The summed E-state index contributed by atoms with van der Waals surface area (Å²) in [4.78, 5) is 16.6. The molecule has 2 N–H and O–H groups in total. The van der Waals surface area contributed by atoms with Crippen LogP contribution in [-0.2, 0) is 6.54 Å². The van der Waals surface area contributed by atoms with Gasteiger partial charge in [0.15, 0.2) is 0 Å². The minimum absolute atomic E-state index is 0.237. The maximum absolute atomic E-state index is 12.1. The largest absolute Gasteiger partial charge is 0.441 e. The van der Waals surface area contributed by atoms with Gasteiger partial charge < -0.3 is 15.1 Å². The maximum atomic E-state index is 12.1. The van der Waals surface area contributed by atoms with E-state index in [1.165, 1.54) is 0 Å². The number of halogens is 2. The molecule has 26 heavy (non-hydrogen) atoms. The molecule has 0 spiro atoms. The fourth-order valence-corrected chi connectivity index (χ4v) is 2.76. The summed E-state index contributed by atoms with van der Waals surface area (Å²) in [7, 11) is 0. The summed E-state index contributed by atoms with van der Waals surface area (Å²) in [5, 5.41) is 6.71. The average Bonchev–Trinajstić information content (AvgIpc) is 2.97. The van der Waals surface area contributed by atoms with Crippen molar-refractivity contribution in [2.24, 2.45) is 0 Å². The van der Waals surface area contributed by atoms with E-state index < -0.39 is 0 Å². The first-order valence-electron chi connectivity index (χ1n) is 7.95. The smallest absolute Gasteiger partial charge is 0.319 e. The number of carbonyl (C=O) groups excluding carboxylic acids is 1. The monoisotopic (exact) mass is 389 g/mol. The minimum Gasteiger partial charge on any atom is -0.441 e. The first-order valence-corrected chi connectivity index (χ1v) is 8.71. The van der Waals surface area contributed by atoms with Gasteiger partial charge in [-0.15, -0.1) is 0 Å². The summed E-state index contributed by atoms with van der Waals surface area (Å²) in [5.74, 6) is 1.10. The van der Waals surface area contributed by atoms with Crippen LogP contribution in [0.1, 0.15) is 17.0 Å². The van der Waals surface area contributed by atoms with Crippen molar-refractivity contribution >= 4 is 34.9 Å². The van der Waals surface area contributed by atoms with E-state index in [0.29, 0.717) is 33.1 Å². The highest BCUT2D eigenvalue weighted by molar-refractivity contribution is 6.31. The van der Waals surface area contributed by atoms with Crippen molar-refractivity contribution in [1.82, 2.24) is 10.3 Å². The third-order valence-corrected chi connectivity index (χ3v) is 4.30. The molecule has 1 aromatic heterocycles. The molecule has 3 aromatic rings. The molecule has 5 nitrogen and oxygen atoms in total. The number of hydrogen-bond donors (Lipinski definition) is 2. The zero-order valence-electron chi connectivity index (χ0n) is 14.3. The summed E-state index contributed by atoms with van der Waals surface area (Å²) in [6.07, 6.45) is 0. The average molecular weight is 390 g/mol. The number of aryl methyl sites for hydroxylation is 2. The molecule has 0 fully saturated rings. The number of oxazole rings is 1. The van der Waals surface area contributed by atoms with Crippen LogP contribution in [0.15, 0.2) is 46.9 Å². The van der Waals surface area contributed by atoms with Crippen molar-refractivity contribution in [3.63, 3.8) is 0 Å². The van der Waals surface area contributed by atoms with Gasteiger partial charge in [-0.05, 0) is 49.7 Å². The van der Waals surface area contributed by atoms with Crippen LogP contribution in [-0.4, -0.2) is 11.0 Å². The molecule has 0 aliphatic rings. The lowest BCUT2D eigenvalue weighted by Gasteiger charge is -2.09. The Morgan fingerprint density at radius 2 is 1.88 bits per heavy atom. The molecule has 0 saturated heterocycles. The maximum Gasteiger partial charge on any atom is 0.319 e. The second kappa shape index (κ2) is 7.81. The van der Waals surface area contributed by atoms with Crippen molar-refractivity contribution in [2.45, 2.75) is 20.4 Å². The molecule has 0 radical (unpaired) electrons. The van der Waals surface area contributed by atoms with Gasteiger partial charge in [-0.25, -0.2) is 9.78 Å². The molecule has 0 atom stereocenters. The second-order valence-corrected chi connectivity index (χ2v) is 6.67. The molecule has 0 bridgehead atoms. The number of anilines is 1. The SMILES string of the molecule is Cc1ccc(Cl)cc1NC(=O)NCc1nc(-c2cccc(Cl)c2)oc1C. The van der Waals surface area contributed by atoms with Crippen LogP contribution in [0.3, 0.4) is 0 Å². The summed E-state index contributed by atoms with van der Waals surface area (Å²) in [5.41, 5.74) is 3.01. The first kappa shape index (κ1) is 18.3. The molecule has 0 aliphatic heterocycles. The van der Waals surface area contributed by atoms with Crippen LogP contribution in [0, 0.1) is 13.8 Å². The van der Waals surface area contributed by atoms with Gasteiger partial charge in [0.05, 0.1) is 6.54 Å². The number of carbonyl (C=O) groups is 1. The molecule has 134 valence electrons. The minimum atomic E-state index is -0.345. The molecule has 0 saturated carbocycles. The molecule has 7 heteroatoms. The Bertz CT molecular complexity index is 954. The van der Waals surface area contributed by atoms with Crippen LogP contribution in [0.4, 0.5) is 10.5 Å². The van der Waals surface area contributed by atoms with Crippen LogP contribution in [0.2, 0.25) is 10.0 Å². The zero-order valence-corrected chi connectivity index (χ0v) is 15.8. The van der Waals surface area contributed by atoms with Gasteiger partial charge in [-0.1, -0.05) is 35.3 Å². The fourth-order valence-electron chi connectivity index (χ4n) is 2.40. The Kier molecular flexibility index (Phi) is 5.49. The molecular formula is C19H17Cl2N3O2. The van der Waals surface area contributed by atoms with Crippen LogP contribution in [0.5, 0.6) is 0 Å². The summed E-state index contributed by atoms with van der Waals surface area (Å²) in [6, 6.07) is 12.2. The Balaban J connectivity index is 1.66. The third-order valence-electron chi connectivity index (χ3n) is 3.83. The first-order chi connectivity index (χ1) is 12.4. The van der Waals surface area contributed by atoms with Crippen molar-refractivity contribution < 1.29 is 9.21 Å². The molecule has 2 aromatic carbocycles. The van der Waals surface area contributed by atoms with Gasteiger partial charge in [0.2, 0.25) is 5.89 Å². The van der Waals surface area contributed by atoms with E-state index in [4.69, 9.17) is 27.6 Å². The van der Waals surface area contributed by atoms with E-state index in [9.17, 15) is 4.79 Å². The number of rotatable bonds is 4. The Morgan fingerprint density at radius 1 is 1.12 bits per heavy atom. The van der Waals surface area contributed by atoms with Crippen LogP contribution >= 0.6 is 23.2 Å². The van der Waals surface area contributed by atoms with Crippen molar-refractivity contribution in [1.29, 1.82) is 0 Å². The lowest BCUT2D eigenvalue weighted by atomic mass is 10.2. The number of benzene rings is 2. The highest BCUT2D eigenvalue weighted by Crippen LogP contribution is 2.24. The van der Waals surface area contributed by atoms with E-state index in [-0.39, 0.29) is 12.6 Å². The number of amides is 2. The summed E-state index contributed by atoms with van der Waals surface area (Å²) >= 11 is 12.0. The Hall–Kier alpha value is -2.50. The highest BCUT2D eigenvalue weighted by Gasteiger charge is 2.13. The molecule has 3 rings (SSSR count). The summed E-state index contributed by atoms with van der Waals surface area (Å²) in [6.45, 7) is 3.93. The van der Waals surface area contributed by atoms with Gasteiger partial charge in [0, 0.05) is 21.3 Å². The van der Waals surface area contributed by atoms with Crippen LogP contribution in [0.25, 0.3) is 11.5 Å². The molecule has 0 unspecified atom stereocenters. The predicted molar refractivity (Wildman–Crippen MR) is 104 cm³/mol. The predicted octanol–water partition coefficient (Wildman–Crippen LogP) is 5.59. The van der Waals surface area contributed by atoms with Gasteiger partial charge in [0.1, 0.15) is 11.5 Å². The number of urea groups is 1. The zero-order chi connectivity index (χ0) is 18.7. The molecular weight excluding hydrogens is 373 g/mol. The number of nitrogens with one attached hydrogen (secondary N) is 2. The van der Waals surface area contributed by atoms with E-state index >= 15 is 0 Å². The number of hydrogen-bond acceptors (Lipinski definition) is 3. The van der Waals surface area contributed by atoms with Gasteiger partial charge in [-0.2, -0.15) is 0 Å². The van der Waals surface area contributed by atoms with Crippen molar-refractivity contribution in [2.75, 3.05) is 5.32 Å². The quantitative estimate of drug-likeness (QED) is 0.611. The second-order valence-electron chi connectivity index (χ2n) is 5.80. The third kappa shape index (κ3) is 4.36. The van der Waals surface area contributed by atoms with Gasteiger partial charge in [0.25, 0.3) is 0 Å². The van der Waals surface area contributed by atoms with Gasteiger partial charge in [-0.3, -0.25) is 0 Å². The number of nitrogens with zero attached hydrogens (tertiary/aromatic N) is 1. The molecule has 2 amide bonds. The Morgan fingerprint density at radius 3 is 2.65 bits per heavy atom. The van der Waals surface area contributed by atoms with Crippen molar-refractivity contribution in [3.8, 4) is 11.5 Å². The fraction of sp³-hybridized carbons (Fsp3) is 0.158. The summed E-state index contributed by atoms with van der Waals surface area (Å²) < 4.78 is 5.68. The highest BCUT2D eigenvalue weighted by atomic mass is 35.5. The van der Waals surface area contributed by atoms with Crippen LogP contribution < -0.4 is 10.6 Å². The molecule has 0 aliphatic carbocycles. The molecule has 1 heterocycles. The standard InChI is InChI=1S/C19H17Cl2N3O2/c1-11-6-7-15(21)9-16(11)24-19(25)22-10-17-12(2)26-18(23-17)13-4-3-5-14(20)8-13/h3-9H,10H2,1-2H3,(H2,22,24,25). The number of aromatic nitrogens is 1. The van der Waals surface area contributed by atoms with Gasteiger partial charge >= 0.3 is 6.03 Å². The lowest BCUT2D eigenvalue weighted by Crippen LogP contribution is -2.28. The van der Waals surface area contributed by atoms with E-state index in [1.54, 1.807) is 31.2 Å². The van der Waals surface area contributed by atoms with Crippen molar-refractivity contribution in [3.05, 3.63) is 69.5 Å². The Labute approximate surface area is 161 Å². The van der Waals surface area contributed by atoms with E-state index in [0.717, 1.165) is 11.1 Å².